The number of pyridine rings is 1. The molecule has 1 N–H and O–H groups in total. The van der Waals surface area contributed by atoms with Crippen LogP contribution in [0.3, 0.4) is 0 Å². The molecule has 4 aromatic rings. The van der Waals surface area contributed by atoms with E-state index < -0.39 is 17.4 Å². The Morgan fingerprint density at radius 1 is 0.861 bits per heavy atom. The number of rotatable bonds is 7. The number of aromatic nitrogens is 3. The Hall–Kier alpha value is -4.59. The van der Waals surface area contributed by atoms with Gasteiger partial charge in [0.1, 0.15) is 11.4 Å². The van der Waals surface area contributed by atoms with Gasteiger partial charge < -0.3 is 5.32 Å². The summed E-state index contributed by atoms with van der Waals surface area (Å²) >= 11 is 0. The third-order valence-electron chi connectivity index (χ3n) is 6.27. The first-order valence-electron chi connectivity index (χ1n) is 11.7. The predicted octanol–water partition coefficient (Wildman–Crippen LogP) is 3.93. The van der Waals surface area contributed by atoms with E-state index in [-0.39, 0.29) is 28.4 Å². The van der Waals surface area contributed by atoms with Crippen molar-refractivity contribution in [2.75, 3.05) is 16.8 Å². The molecule has 0 saturated heterocycles. The molecule has 0 unspecified atom stereocenters. The second-order valence-corrected chi connectivity index (χ2v) is 8.90. The number of imide groups is 1. The fourth-order valence-electron chi connectivity index (χ4n) is 4.41. The first-order valence-corrected chi connectivity index (χ1v) is 11.7. The highest BCUT2D eigenvalue weighted by molar-refractivity contribution is 6.35. The third-order valence-corrected chi connectivity index (χ3v) is 6.27. The van der Waals surface area contributed by atoms with Crippen LogP contribution in [0, 0.1) is 5.92 Å². The molecule has 1 aliphatic heterocycles. The van der Waals surface area contributed by atoms with Crippen molar-refractivity contribution in [3.05, 3.63) is 106 Å². The monoisotopic (exact) mass is 479 g/mol. The Morgan fingerprint density at radius 3 is 2.11 bits per heavy atom. The second kappa shape index (κ2) is 9.58. The molecule has 1 aliphatic rings. The Morgan fingerprint density at radius 2 is 1.47 bits per heavy atom. The maximum absolute atomic E-state index is 13.7. The van der Waals surface area contributed by atoms with Crippen LogP contribution in [0.15, 0.2) is 83.9 Å². The molecule has 0 fully saturated rings. The Balaban J connectivity index is 1.53. The zero-order chi connectivity index (χ0) is 25.2. The van der Waals surface area contributed by atoms with E-state index in [2.05, 4.69) is 29.4 Å². The molecule has 1 atom stereocenters. The van der Waals surface area contributed by atoms with E-state index in [0.29, 0.717) is 18.1 Å². The lowest BCUT2D eigenvalue weighted by atomic mass is 10.0. The van der Waals surface area contributed by atoms with E-state index >= 15 is 0 Å². The zero-order valence-electron chi connectivity index (χ0n) is 20.0. The predicted molar refractivity (Wildman–Crippen MR) is 138 cm³/mol. The topological polar surface area (TPSA) is 97.2 Å². The number of nitrogens with one attached hydrogen (secondary N) is 1. The molecule has 8 heteroatoms. The Labute approximate surface area is 208 Å². The molecule has 0 aliphatic carbocycles. The summed E-state index contributed by atoms with van der Waals surface area (Å²) in [6.45, 7) is 2.70. The van der Waals surface area contributed by atoms with Crippen molar-refractivity contribution in [3.63, 3.8) is 0 Å². The van der Waals surface area contributed by atoms with E-state index in [0.717, 1.165) is 11.3 Å². The van der Waals surface area contributed by atoms with Gasteiger partial charge in [0.25, 0.3) is 17.4 Å². The number of hydrogen-bond donors (Lipinski definition) is 1. The van der Waals surface area contributed by atoms with E-state index in [1.54, 1.807) is 55.8 Å². The normalized spacial score (nSPS) is 13.6. The molecule has 3 heterocycles. The highest BCUT2D eigenvalue weighted by atomic mass is 16.2. The number of anilines is 2. The first-order chi connectivity index (χ1) is 17.5. The highest BCUT2D eigenvalue weighted by Gasteiger charge is 2.40. The molecule has 2 amide bonds. The minimum Gasteiger partial charge on any atom is -0.355 e. The molecule has 0 bridgehead atoms. The van der Waals surface area contributed by atoms with Crippen LogP contribution in [0.1, 0.15) is 33.2 Å². The molecular formula is C28H25N5O3. The van der Waals surface area contributed by atoms with Crippen molar-refractivity contribution in [2.24, 2.45) is 13.0 Å². The summed E-state index contributed by atoms with van der Waals surface area (Å²) in [6, 6.07) is 20.1. The van der Waals surface area contributed by atoms with Crippen LogP contribution in [0.5, 0.6) is 0 Å². The quantitative estimate of drug-likeness (QED) is 0.404. The minimum atomic E-state index is -0.540. The average Bonchev–Trinajstić information content (AvgIpc) is 3.15. The van der Waals surface area contributed by atoms with Gasteiger partial charge in [-0.25, -0.2) is 9.88 Å². The van der Waals surface area contributed by atoms with Crippen LogP contribution in [-0.2, 0) is 13.5 Å². The van der Waals surface area contributed by atoms with Crippen molar-refractivity contribution in [3.8, 4) is 11.3 Å². The smallest absolute Gasteiger partial charge is 0.279 e. The molecule has 180 valence electrons. The number of benzene rings is 2. The van der Waals surface area contributed by atoms with Crippen LogP contribution in [0.4, 0.5) is 11.6 Å². The standard InChI is InChI=1S/C28H25N5O3/c1-18(16-19-8-4-3-5-9-19)17-30-28-31-23(20-12-14-29-15-13-20)24(27(36)32(28)2)33-25(34)21-10-6-7-11-22(21)26(33)35/h3-15,18H,16-17H2,1-2H3,(H,30,31)/t18-/m0/s1. The summed E-state index contributed by atoms with van der Waals surface area (Å²) in [6.07, 6.45) is 4.03. The molecule has 0 spiro atoms. The molecule has 0 saturated carbocycles. The molecule has 2 aromatic carbocycles. The zero-order valence-corrected chi connectivity index (χ0v) is 20.0. The van der Waals surface area contributed by atoms with Crippen molar-refractivity contribution < 1.29 is 9.59 Å². The van der Waals surface area contributed by atoms with Gasteiger partial charge in [-0.1, -0.05) is 49.4 Å². The van der Waals surface area contributed by atoms with E-state index in [1.807, 2.05) is 18.2 Å². The molecular weight excluding hydrogens is 454 g/mol. The summed E-state index contributed by atoms with van der Waals surface area (Å²) < 4.78 is 1.35. The van der Waals surface area contributed by atoms with Crippen LogP contribution < -0.4 is 15.8 Å². The van der Waals surface area contributed by atoms with Crippen molar-refractivity contribution in [1.29, 1.82) is 0 Å². The van der Waals surface area contributed by atoms with Crippen LogP contribution >= 0.6 is 0 Å². The van der Waals surface area contributed by atoms with E-state index in [9.17, 15) is 14.4 Å². The summed E-state index contributed by atoms with van der Waals surface area (Å²) in [5, 5.41) is 3.29. The average molecular weight is 480 g/mol. The van der Waals surface area contributed by atoms with Crippen molar-refractivity contribution in [1.82, 2.24) is 14.5 Å². The van der Waals surface area contributed by atoms with Crippen LogP contribution in [0.25, 0.3) is 11.3 Å². The van der Waals surface area contributed by atoms with Gasteiger partial charge >= 0.3 is 0 Å². The summed E-state index contributed by atoms with van der Waals surface area (Å²) in [5.74, 6) is -0.458. The largest absolute Gasteiger partial charge is 0.355 e. The van der Waals surface area contributed by atoms with E-state index in [4.69, 9.17) is 4.98 Å². The first kappa shape index (κ1) is 23.2. The van der Waals surface area contributed by atoms with Crippen molar-refractivity contribution >= 4 is 23.5 Å². The molecule has 2 aromatic heterocycles. The number of amides is 2. The van der Waals surface area contributed by atoms with Crippen molar-refractivity contribution in [2.45, 2.75) is 13.3 Å². The van der Waals surface area contributed by atoms with E-state index in [1.165, 1.54) is 10.1 Å². The van der Waals surface area contributed by atoms with Gasteiger partial charge in [0.05, 0.1) is 11.1 Å². The molecule has 0 radical (unpaired) electrons. The van der Waals surface area contributed by atoms with Gasteiger partial charge in [0, 0.05) is 31.5 Å². The lowest BCUT2D eigenvalue weighted by Gasteiger charge is -2.21. The maximum Gasteiger partial charge on any atom is 0.279 e. The summed E-state index contributed by atoms with van der Waals surface area (Å²) in [7, 11) is 1.58. The Bertz CT molecular complexity index is 1460. The Kier molecular flexibility index (Phi) is 6.16. The highest BCUT2D eigenvalue weighted by Crippen LogP contribution is 2.33. The lowest BCUT2D eigenvalue weighted by molar-refractivity contribution is 0.0925. The third kappa shape index (κ3) is 4.17. The van der Waals surface area contributed by atoms with Gasteiger partial charge in [-0.2, -0.15) is 0 Å². The van der Waals surface area contributed by atoms with Gasteiger partial charge in [-0.3, -0.25) is 23.9 Å². The molecule has 5 rings (SSSR count). The number of fused-ring (bicyclic) bond motifs is 1. The molecule has 8 nitrogen and oxygen atoms in total. The van der Waals surface area contributed by atoms with Gasteiger partial charge in [0.2, 0.25) is 5.95 Å². The van der Waals surface area contributed by atoms with Crippen LogP contribution in [0.2, 0.25) is 0 Å². The summed E-state index contributed by atoms with van der Waals surface area (Å²) in [4.78, 5) is 49.9. The van der Waals surface area contributed by atoms with Gasteiger partial charge in [-0.05, 0) is 42.2 Å². The fraction of sp³-hybridized carbons (Fsp3) is 0.179. The SMILES string of the molecule is C[C@H](CNc1nc(-c2ccncc2)c(N2C(=O)c3ccccc3C2=O)c(=O)n1C)Cc1ccccc1. The number of nitrogens with zero attached hydrogens (tertiary/aromatic N) is 4. The maximum atomic E-state index is 13.7. The molecule has 36 heavy (non-hydrogen) atoms. The summed E-state index contributed by atoms with van der Waals surface area (Å²) in [5.41, 5.74) is 2.02. The van der Waals surface area contributed by atoms with Gasteiger partial charge in [0.15, 0.2) is 0 Å². The fourth-order valence-corrected chi connectivity index (χ4v) is 4.41. The number of carbonyl (C=O) groups excluding carboxylic acids is 2. The van der Waals surface area contributed by atoms with Crippen LogP contribution in [-0.4, -0.2) is 32.9 Å². The number of hydrogen-bond acceptors (Lipinski definition) is 6. The minimum absolute atomic E-state index is 0.0715. The lowest BCUT2D eigenvalue weighted by Crippen LogP contribution is -2.38. The van der Waals surface area contributed by atoms with Gasteiger partial charge in [-0.15, -0.1) is 0 Å². The second-order valence-electron chi connectivity index (χ2n) is 8.90. The number of carbonyl (C=O) groups is 2.